The first-order chi connectivity index (χ1) is 7.63. The van der Waals surface area contributed by atoms with Gasteiger partial charge in [0, 0.05) is 12.6 Å². The Labute approximate surface area is 98.3 Å². The van der Waals surface area contributed by atoms with Crippen LogP contribution in [0.3, 0.4) is 0 Å². The summed E-state index contributed by atoms with van der Waals surface area (Å²) in [6, 6.07) is 8.51. The van der Waals surface area contributed by atoms with Gasteiger partial charge in [-0.2, -0.15) is 0 Å². The maximum absolute atomic E-state index is 5.21. The van der Waals surface area contributed by atoms with E-state index in [0.29, 0.717) is 6.04 Å². The molecular weight excluding hydrogens is 198 g/mol. The fraction of sp³-hybridized carbons (Fsp3) is 0.429. The van der Waals surface area contributed by atoms with E-state index in [1.807, 2.05) is 12.1 Å². The summed E-state index contributed by atoms with van der Waals surface area (Å²) in [5, 5.41) is 3.45. The van der Waals surface area contributed by atoms with E-state index in [-0.39, 0.29) is 0 Å². The third-order valence-corrected chi connectivity index (χ3v) is 2.53. The van der Waals surface area contributed by atoms with Crippen molar-refractivity contribution in [3.05, 3.63) is 41.5 Å². The summed E-state index contributed by atoms with van der Waals surface area (Å²) >= 11 is 0. The average Bonchev–Trinajstić information content (AvgIpc) is 2.28. The number of hydrogen-bond donors (Lipinski definition) is 1. The van der Waals surface area contributed by atoms with E-state index >= 15 is 0 Å². The van der Waals surface area contributed by atoms with Crippen LogP contribution in [0.25, 0.3) is 0 Å². The molecule has 1 unspecified atom stereocenters. The molecule has 0 aliphatic rings. The molecule has 0 spiro atoms. The van der Waals surface area contributed by atoms with Crippen LogP contribution in [0.4, 0.5) is 0 Å². The Hall–Kier alpha value is -1.28. The summed E-state index contributed by atoms with van der Waals surface area (Å²) in [6.45, 7) is 7.28. The molecule has 0 fully saturated rings. The zero-order chi connectivity index (χ0) is 12.0. The van der Waals surface area contributed by atoms with Crippen molar-refractivity contribution in [2.45, 2.75) is 26.8 Å². The van der Waals surface area contributed by atoms with Crippen molar-refractivity contribution < 1.29 is 4.74 Å². The number of hydrogen-bond acceptors (Lipinski definition) is 2. The van der Waals surface area contributed by atoms with Gasteiger partial charge in [0.2, 0.25) is 0 Å². The van der Waals surface area contributed by atoms with Crippen LogP contribution in [0.1, 0.15) is 32.4 Å². The smallest absolute Gasteiger partial charge is 0.119 e. The summed E-state index contributed by atoms with van der Waals surface area (Å²) in [6.07, 6.45) is 2.19. The third kappa shape index (κ3) is 4.07. The average molecular weight is 219 g/mol. The molecule has 2 nitrogen and oxygen atoms in total. The van der Waals surface area contributed by atoms with Crippen LogP contribution in [0, 0.1) is 0 Å². The van der Waals surface area contributed by atoms with Crippen molar-refractivity contribution in [2.24, 2.45) is 0 Å². The first-order valence-corrected chi connectivity index (χ1v) is 5.64. The molecular formula is C14H21NO. The number of methoxy groups -OCH3 is 1. The number of allylic oxidation sites excluding steroid dienone is 1. The van der Waals surface area contributed by atoms with E-state index in [2.05, 4.69) is 44.3 Å². The Kier molecular flexibility index (Phi) is 5.06. The van der Waals surface area contributed by atoms with Crippen LogP contribution >= 0.6 is 0 Å². The van der Waals surface area contributed by atoms with Crippen LogP contribution in [-0.2, 0) is 0 Å². The second-order valence-corrected chi connectivity index (χ2v) is 4.19. The molecule has 1 aromatic carbocycles. The lowest BCUT2D eigenvalue weighted by molar-refractivity contribution is 0.413. The predicted octanol–water partition coefficient (Wildman–Crippen LogP) is 3.31. The number of nitrogens with one attached hydrogen (secondary N) is 1. The number of rotatable bonds is 5. The molecule has 0 radical (unpaired) electrons. The molecule has 16 heavy (non-hydrogen) atoms. The minimum atomic E-state index is 0.339. The molecule has 0 amide bonds. The van der Waals surface area contributed by atoms with Crippen molar-refractivity contribution >= 4 is 0 Å². The molecule has 88 valence electrons. The maximum atomic E-state index is 5.21. The van der Waals surface area contributed by atoms with Crippen LogP contribution in [0.15, 0.2) is 35.9 Å². The Morgan fingerprint density at radius 3 is 2.81 bits per heavy atom. The van der Waals surface area contributed by atoms with Gasteiger partial charge in [0.25, 0.3) is 0 Å². The number of ether oxygens (including phenoxy) is 1. The van der Waals surface area contributed by atoms with Gasteiger partial charge in [-0.3, -0.25) is 0 Å². The van der Waals surface area contributed by atoms with Crippen molar-refractivity contribution in [2.75, 3.05) is 13.7 Å². The lowest BCUT2D eigenvalue weighted by atomic mass is 10.1. The van der Waals surface area contributed by atoms with E-state index < -0.39 is 0 Å². The first kappa shape index (κ1) is 12.8. The number of benzene rings is 1. The largest absolute Gasteiger partial charge is 0.497 e. The monoisotopic (exact) mass is 219 g/mol. The highest BCUT2D eigenvalue weighted by Gasteiger charge is 2.04. The Bertz CT molecular complexity index is 354. The highest BCUT2D eigenvalue weighted by Crippen LogP contribution is 2.18. The summed E-state index contributed by atoms with van der Waals surface area (Å²) in [5.74, 6) is 0.911. The van der Waals surface area contributed by atoms with Crippen LogP contribution in [-0.4, -0.2) is 13.7 Å². The van der Waals surface area contributed by atoms with E-state index in [1.165, 1.54) is 11.1 Å². The SMILES string of the molecule is COc1cccc(C(C)NCC=C(C)C)c1. The fourth-order valence-corrected chi connectivity index (χ4v) is 1.47. The topological polar surface area (TPSA) is 21.3 Å². The first-order valence-electron chi connectivity index (χ1n) is 5.64. The molecule has 1 rings (SSSR count). The quantitative estimate of drug-likeness (QED) is 0.767. The maximum Gasteiger partial charge on any atom is 0.119 e. The van der Waals surface area contributed by atoms with E-state index in [1.54, 1.807) is 7.11 Å². The van der Waals surface area contributed by atoms with Gasteiger partial charge in [-0.1, -0.05) is 23.8 Å². The van der Waals surface area contributed by atoms with Crippen molar-refractivity contribution in [3.63, 3.8) is 0 Å². The highest BCUT2D eigenvalue weighted by molar-refractivity contribution is 5.30. The van der Waals surface area contributed by atoms with Gasteiger partial charge < -0.3 is 10.1 Å². The highest BCUT2D eigenvalue weighted by atomic mass is 16.5. The standard InChI is InChI=1S/C14H21NO/c1-11(2)8-9-15-12(3)13-6-5-7-14(10-13)16-4/h5-8,10,12,15H,9H2,1-4H3. The van der Waals surface area contributed by atoms with Gasteiger partial charge in [-0.05, 0) is 38.5 Å². The van der Waals surface area contributed by atoms with Crippen molar-refractivity contribution in [3.8, 4) is 5.75 Å². The van der Waals surface area contributed by atoms with Gasteiger partial charge in [0.15, 0.2) is 0 Å². The third-order valence-electron chi connectivity index (χ3n) is 2.53. The molecule has 0 bridgehead atoms. The van der Waals surface area contributed by atoms with Crippen molar-refractivity contribution in [1.82, 2.24) is 5.32 Å². The summed E-state index contributed by atoms with van der Waals surface area (Å²) in [4.78, 5) is 0. The molecule has 1 N–H and O–H groups in total. The second kappa shape index (κ2) is 6.33. The lowest BCUT2D eigenvalue weighted by Gasteiger charge is -2.13. The van der Waals surface area contributed by atoms with E-state index in [4.69, 9.17) is 4.74 Å². The zero-order valence-electron chi connectivity index (χ0n) is 10.6. The van der Waals surface area contributed by atoms with Gasteiger partial charge in [-0.25, -0.2) is 0 Å². The molecule has 1 aromatic rings. The van der Waals surface area contributed by atoms with Gasteiger partial charge in [-0.15, -0.1) is 0 Å². The van der Waals surface area contributed by atoms with Gasteiger partial charge in [0.1, 0.15) is 5.75 Å². The second-order valence-electron chi connectivity index (χ2n) is 4.19. The van der Waals surface area contributed by atoms with Crippen LogP contribution < -0.4 is 10.1 Å². The molecule has 0 aliphatic carbocycles. The van der Waals surface area contributed by atoms with Gasteiger partial charge >= 0.3 is 0 Å². The Balaban J connectivity index is 2.58. The minimum Gasteiger partial charge on any atom is -0.497 e. The van der Waals surface area contributed by atoms with E-state index in [0.717, 1.165) is 12.3 Å². The van der Waals surface area contributed by atoms with Crippen LogP contribution in [0.2, 0.25) is 0 Å². The molecule has 0 aromatic heterocycles. The zero-order valence-corrected chi connectivity index (χ0v) is 10.6. The molecule has 0 saturated carbocycles. The lowest BCUT2D eigenvalue weighted by Crippen LogP contribution is -2.18. The normalized spacial score (nSPS) is 12.0. The van der Waals surface area contributed by atoms with E-state index in [9.17, 15) is 0 Å². The minimum absolute atomic E-state index is 0.339. The molecule has 0 saturated heterocycles. The summed E-state index contributed by atoms with van der Waals surface area (Å²) < 4.78 is 5.21. The molecule has 0 aliphatic heterocycles. The molecule has 2 heteroatoms. The predicted molar refractivity (Wildman–Crippen MR) is 68.8 cm³/mol. The van der Waals surface area contributed by atoms with Crippen molar-refractivity contribution in [1.29, 1.82) is 0 Å². The Morgan fingerprint density at radius 1 is 1.44 bits per heavy atom. The molecule has 1 atom stereocenters. The molecule has 0 heterocycles. The van der Waals surface area contributed by atoms with Gasteiger partial charge in [0.05, 0.1) is 7.11 Å². The Morgan fingerprint density at radius 2 is 2.19 bits per heavy atom. The summed E-state index contributed by atoms with van der Waals surface area (Å²) in [7, 11) is 1.69. The van der Waals surface area contributed by atoms with Crippen LogP contribution in [0.5, 0.6) is 5.75 Å². The summed E-state index contributed by atoms with van der Waals surface area (Å²) in [5.41, 5.74) is 2.59. The fourth-order valence-electron chi connectivity index (χ4n) is 1.47.